The van der Waals surface area contributed by atoms with E-state index in [0.717, 1.165) is 11.1 Å². The average molecular weight is 433 g/mol. The molecule has 162 valence electrons. The molecular weight excluding hydrogens is 404 g/mol. The molecule has 2 aromatic carbocycles. The number of piperidine rings is 1. The molecule has 1 saturated heterocycles. The maximum absolute atomic E-state index is 13.0. The van der Waals surface area contributed by atoms with Gasteiger partial charge in [0.1, 0.15) is 0 Å². The molecule has 0 aliphatic carbocycles. The number of nitrogens with zero attached hydrogens (tertiary/aromatic N) is 1. The molecule has 0 saturated carbocycles. The minimum absolute atomic E-state index is 0.0793. The third kappa shape index (κ3) is 5.12. The van der Waals surface area contributed by atoms with Gasteiger partial charge in [-0.15, -0.1) is 0 Å². The minimum atomic E-state index is -3.53. The second-order valence-electron chi connectivity index (χ2n) is 7.45. The van der Waals surface area contributed by atoms with Gasteiger partial charge in [0.05, 0.1) is 12.0 Å². The van der Waals surface area contributed by atoms with E-state index in [1.807, 2.05) is 38.1 Å². The fourth-order valence-corrected chi connectivity index (χ4v) is 5.29. The number of rotatable bonds is 7. The zero-order valence-electron chi connectivity index (χ0n) is 17.6. The maximum atomic E-state index is 13.0. The van der Waals surface area contributed by atoms with Crippen LogP contribution in [0.3, 0.4) is 0 Å². The van der Waals surface area contributed by atoms with Crippen molar-refractivity contribution in [3.63, 3.8) is 0 Å². The van der Waals surface area contributed by atoms with Gasteiger partial charge in [-0.05, 0) is 50.5 Å². The van der Waals surface area contributed by atoms with Crippen LogP contribution in [0, 0.1) is 13.8 Å². The second kappa shape index (κ2) is 9.49. The maximum Gasteiger partial charge on any atom is 0.258 e. The predicted octanol–water partition coefficient (Wildman–Crippen LogP) is 2.66. The molecule has 1 aliphatic heterocycles. The number of amides is 1. The van der Waals surface area contributed by atoms with Crippen LogP contribution in [0.15, 0.2) is 47.4 Å². The van der Waals surface area contributed by atoms with Gasteiger partial charge in [0.25, 0.3) is 5.91 Å². The smallest absolute Gasteiger partial charge is 0.258 e. The van der Waals surface area contributed by atoms with Gasteiger partial charge in [0.15, 0.2) is 18.1 Å². The van der Waals surface area contributed by atoms with Gasteiger partial charge >= 0.3 is 0 Å². The number of para-hydroxylation sites is 2. The van der Waals surface area contributed by atoms with Crippen LogP contribution in [0.1, 0.15) is 24.0 Å². The number of hydrogen-bond donors (Lipinski definition) is 1. The van der Waals surface area contributed by atoms with Crippen molar-refractivity contribution in [1.29, 1.82) is 0 Å². The predicted molar refractivity (Wildman–Crippen MR) is 114 cm³/mol. The first-order valence-electron chi connectivity index (χ1n) is 9.94. The number of ether oxygens (including phenoxy) is 2. The molecule has 8 heteroatoms. The quantitative estimate of drug-likeness (QED) is 0.727. The summed E-state index contributed by atoms with van der Waals surface area (Å²) < 4.78 is 38.2. The number of aryl methyl sites for hydroxylation is 2. The van der Waals surface area contributed by atoms with Gasteiger partial charge in [-0.2, -0.15) is 4.31 Å². The fraction of sp³-hybridized carbons (Fsp3) is 0.409. The zero-order chi connectivity index (χ0) is 21.7. The Labute approximate surface area is 178 Å². The van der Waals surface area contributed by atoms with Crippen molar-refractivity contribution in [2.24, 2.45) is 0 Å². The Kier molecular flexibility index (Phi) is 6.99. The first kappa shape index (κ1) is 22.1. The van der Waals surface area contributed by atoms with Crippen molar-refractivity contribution in [3.8, 4) is 11.5 Å². The Hall–Kier alpha value is -2.58. The summed E-state index contributed by atoms with van der Waals surface area (Å²) in [5, 5.41) is 2.93. The lowest BCUT2D eigenvalue weighted by atomic mass is 10.1. The van der Waals surface area contributed by atoms with Crippen LogP contribution in [0.5, 0.6) is 11.5 Å². The molecule has 30 heavy (non-hydrogen) atoms. The van der Waals surface area contributed by atoms with E-state index < -0.39 is 10.0 Å². The van der Waals surface area contributed by atoms with E-state index in [9.17, 15) is 13.2 Å². The third-order valence-electron chi connectivity index (χ3n) is 5.20. The summed E-state index contributed by atoms with van der Waals surface area (Å²) in [4.78, 5) is 12.6. The molecule has 1 amide bonds. The van der Waals surface area contributed by atoms with Crippen molar-refractivity contribution in [2.75, 3.05) is 26.8 Å². The Balaban J connectivity index is 1.52. The number of methoxy groups -OCH3 is 1. The third-order valence-corrected chi connectivity index (χ3v) is 7.25. The number of carbonyl (C=O) groups excluding carboxylic acids is 1. The van der Waals surface area contributed by atoms with Gasteiger partial charge in [-0.25, -0.2) is 8.42 Å². The van der Waals surface area contributed by atoms with Crippen molar-refractivity contribution in [1.82, 2.24) is 9.62 Å². The number of hydrogen-bond acceptors (Lipinski definition) is 5. The van der Waals surface area contributed by atoms with Crippen LogP contribution in [0.4, 0.5) is 0 Å². The molecule has 0 unspecified atom stereocenters. The lowest BCUT2D eigenvalue weighted by Crippen LogP contribution is -2.47. The number of sulfonamides is 1. The molecule has 3 rings (SSSR count). The van der Waals surface area contributed by atoms with Crippen LogP contribution >= 0.6 is 0 Å². The molecule has 0 atom stereocenters. The minimum Gasteiger partial charge on any atom is -0.493 e. The first-order valence-corrected chi connectivity index (χ1v) is 11.4. The number of nitrogens with one attached hydrogen (secondary N) is 1. The molecule has 0 radical (unpaired) electrons. The molecule has 0 bridgehead atoms. The van der Waals surface area contributed by atoms with Crippen molar-refractivity contribution >= 4 is 15.9 Å². The van der Waals surface area contributed by atoms with E-state index in [-0.39, 0.29) is 18.6 Å². The van der Waals surface area contributed by atoms with Gasteiger partial charge in [-0.3, -0.25) is 4.79 Å². The molecule has 1 N–H and O–H groups in total. The van der Waals surface area contributed by atoms with Crippen molar-refractivity contribution < 1.29 is 22.7 Å². The van der Waals surface area contributed by atoms with Crippen molar-refractivity contribution in [3.05, 3.63) is 53.6 Å². The lowest BCUT2D eigenvalue weighted by molar-refractivity contribution is -0.124. The first-order chi connectivity index (χ1) is 14.3. The highest BCUT2D eigenvalue weighted by Crippen LogP contribution is 2.26. The van der Waals surface area contributed by atoms with Gasteiger partial charge in [0, 0.05) is 19.1 Å². The van der Waals surface area contributed by atoms with Gasteiger partial charge in [-0.1, -0.05) is 29.8 Å². The summed E-state index contributed by atoms with van der Waals surface area (Å²) in [6.45, 7) is 4.37. The summed E-state index contributed by atoms with van der Waals surface area (Å²) in [6.07, 6.45) is 1.12. The molecule has 1 heterocycles. The van der Waals surface area contributed by atoms with E-state index in [0.29, 0.717) is 42.3 Å². The van der Waals surface area contributed by atoms with E-state index in [2.05, 4.69) is 5.32 Å². The Morgan fingerprint density at radius 3 is 2.40 bits per heavy atom. The van der Waals surface area contributed by atoms with E-state index in [1.54, 1.807) is 25.3 Å². The van der Waals surface area contributed by atoms with Crippen LogP contribution in [0.2, 0.25) is 0 Å². The SMILES string of the molecule is COc1ccccc1OCC(=O)NC1CCN(S(=O)(=O)c2ccc(C)cc2C)CC1. The van der Waals surface area contributed by atoms with Crippen LogP contribution < -0.4 is 14.8 Å². The topological polar surface area (TPSA) is 84.9 Å². The molecule has 1 aliphatic rings. The van der Waals surface area contributed by atoms with Gasteiger partial charge in [0.2, 0.25) is 10.0 Å². The zero-order valence-corrected chi connectivity index (χ0v) is 18.4. The summed E-state index contributed by atoms with van der Waals surface area (Å²) in [5.74, 6) is 0.830. The lowest BCUT2D eigenvalue weighted by Gasteiger charge is -2.32. The Bertz CT molecular complexity index is 998. The van der Waals surface area contributed by atoms with Crippen LogP contribution in [-0.2, 0) is 14.8 Å². The summed E-state index contributed by atoms with van der Waals surface area (Å²) in [6, 6.07) is 12.4. The van der Waals surface area contributed by atoms with E-state index >= 15 is 0 Å². The molecular formula is C22H28N2O5S. The molecule has 2 aromatic rings. The normalized spacial score (nSPS) is 15.6. The van der Waals surface area contributed by atoms with Crippen LogP contribution in [0.25, 0.3) is 0 Å². The highest BCUT2D eigenvalue weighted by Gasteiger charge is 2.30. The van der Waals surface area contributed by atoms with E-state index in [4.69, 9.17) is 9.47 Å². The summed E-state index contributed by atoms with van der Waals surface area (Å²) >= 11 is 0. The van der Waals surface area contributed by atoms with Gasteiger partial charge < -0.3 is 14.8 Å². The molecule has 0 aromatic heterocycles. The van der Waals surface area contributed by atoms with Crippen LogP contribution in [-0.4, -0.2) is 51.5 Å². The monoisotopic (exact) mass is 432 g/mol. The molecule has 1 fully saturated rings. The molecule has 7 nitrogen and oxygen atoms in total. The highest BCUT2D eigenvalue weighted by atomic mass is 32.2. The summed E-state index contributed by atoms with van der Waals surface area (Å²) in [7, 11) is -1.99. The highest BCUT2D eigenvalue weighted by molar-refractivity contribution is 7.89. The number of carbonyl (C=O) groups is 1. The Morgan fingerprint density at radius 2 is 1.77 bits per heavy atom. The standard InChI is InChI=1S/C22H28N2O5S/c1-16-8-9-21(17(2)14-16)30(26,27)24-12-10-18(11-13-24)23-22(25)15-29-20-7-5-4-6-19(20)28-3/h4-9,14,18H,10-13,15H2,1-3H3,(H,23,25). The average Bonchev–Trinajstić information content (AvgIpc) is 2.72. The largest absolute Gasteiger partial charge is 0.493 e. The fourth-order valence-electron chi connectivity index (χ4n) is 3.62. The van der Waals surface area contributed by atoms with Crippen molar-refractivity contribution in [2.45, 2.75) is 37.6 Å². The molecule has 0 spiro atoms. The number of benzene rings is 2. The second-order valence-corrected chi connectivity index (χ2v) is 9.36. The van der Waals surface area contributed by atoms with E-state index in [1.165, 1.54) is 4.31 Å². The summed E-state index contributed by atoms with van der Waals surface area (Å²) in [5.41, 5.74) is 1.78. The Morgan fingerprint density at radius 1 is 1.10 bits per heavy atom.